The van der Waals surface area contributed by atoms with Gasteiger partial charge in [-0.3, -0.25) is 25.0 Å². The van der Waals surface area contributed by atoms with E-state index in [0.29, 0.717) is 33.6 Å². The smallest absolute Gasteiger partial charge is 0.269 e. The summed E-state index contributed by atoms with van der Waals surface area (Å²) in [5.74, 6) is 0.559. The van der Waals surface area contributed by atoms with Crippen molar-refractivity contribution in [2.45, 2.75) is 13.5 Å². The number of nitrogens with zero attached hydrogens (tertiary/aromatic N) is 4. The summed E-state index contributed by atoms with van der Waals surface area (Å²) in [6.07, 6.45) is 2.91. The zero-order valence-electron chi connectivity index (χ0n) is 16.6. The van der Waals surface area contributed by atoms with Crippen LogP contribution in [0.1, 0.15) is 23.0 Å². The van der Waals surface area contributed by atoms with E-state index in [0.717, 1.165) is 0 Å². The lowest BCUT2D eigenvalue weighted by Crippen LogP contribution is -2.18. The van der Waals surface area contributed by atoms with Crippen molar-refractivity contribution in [1.29, 1.82) is 0 Å². The Hall–Kier alpha value is -4.32. The Balaban J connectivity index is 1.41. The highest BCUT2D eigenvalue weighted by Gasteiger charge is 2.15. The molecule has 12 heteroatoms. The molecule has 0 radical (unpaired) electrons. The van der Waals surface area contributed by atoms with Gasteiger partial charge in [0.05, 0.1) is 28.9 Å². The molecule has 4 rings (SSSR count). The quantitative estimate of drug-likeness (QED) is 0.323. The number of nitrogens with one attached hydrogen (secondary N) is 2. The maximum atomic E-state index is 12.6. The van der Waals surface area contributed by atoms with Crippen LogP contribution in [0.4, 0.5) is 10.8 Å². The lowest BCUT2D eigenvalue weighted by atomic mass is 10.3. The number of carbonyl (C=O) groups excluding carboxylic acids is 2. The number of thiazole rings is 1. The molecular weight excluding hydrogens is 436 g/mol. The Kier molecular flexibility index (Phi) is 5.77. The Morgan fingerprint density at radius 3 is 2.72 bits per heavy atom. The average Bonchev–Trinajstić information content (AvgIpc) is 3.52. The maximum Gasteiger partial charge on any atom is 0.269 e. The number of non-ortho nitro benzene ring substituents is 1. The second kappa shape index (κ2) is 8.81. The molecule has 1 aromatic carbocycles. The minimum Gasteiger partial charge on any atom is -0.458 e. The first kappa shape index (κ1) is 20.9. The number of rotatable bonds is 7. The molecule has 32 heavy (non-hydrogen) atoms. The lowest BCUT2D eigenvalue weighted by Gasteiger charge is -2.00. The molecule has 0 aliphatic carbocycles. The molecular formula is C20H16N6O5S. The molecule has 2 N–H and O–H groups in total. The Bertz CT molecular complexity index is 1290. The van der Waals surface area contributed by atoms with Crippen molar-refractivity contribution >= 4 is 34.0 Å². The van der Waals surface area contributed by atoms with Gasteiger partial charge in [0.1, 0.15) is 11.5 Å². The summed E-state index contributed by atoms with van der Waals surface area (Å²) in [5, 5.41) is 22.4. The van der Waals surface area contributed by atoms with Crippen LogP contribution >= 0.6 is 11.3 Å². The van der Waals surface area contributed by atoms with Crippen LogP contribution in [-0.4, -0.2) is 31.5 Å². The van der Waals surface area contributed by atoms with Gasteiger partial charge in [-0.1, -0.05) is 0 Å². The molecule has 0 unspecified atom stereocenters. The predicted octanol–water partition coefficient (Wildman–Crippen LogP) is 3.39. The van der Waals surface area contributed by atoms with Gasteiger partial charge in [0.15, 0.2) is 10.9 Å². The van der Waals surface area contributed by atoms with Crippen molar-refractivity contribution in [1.82, 2.24) is 20.1 Å². The average molecular weight is 452 g/mol. The molecule has 0 aliphatic heterocycles. The SMILES string of the molecule is CC(=O)NCc1ccc(-c2csc(NC(=O)c3cnn(-c4ccc([N+](=O)[O-])cc4)c3)n2)o1. The van der Waals surface area contributed by atoms with Gasteiger partial charge in [0.2, 0.25) is 5.91 Å². The Morgan fingerprint density at radius 2 is 2.00 bits per heavy atom. The van der Waals surface area contributed by atoms with Gasteiger partial charge in [0.25, 0.3) is 11.6 Å². The number of hydrogen-bond donors (Lipinski definition) is 2. The zero-order chi connectivity index (χ0) is 22.7. The summed E-state index contributed by atoms with van der Waals surface area (Å²) in [4.78, 5) is 38.2. The molecule has 0 saturated carbocycles. The van der Waals surface area contributed by atoms with Gasteiger partial charge >= 0.3 is 0 Å². The van der Waals surface area contributed by atoms with E-state index in [9.17, 15) is 19.7 Å². The molecule has 162 valence electrons. The third-order valence-electron chi connectivity index (χ3n) is 4.32. The minimum absolute atomic E-state index is 0.0303. The van der Waals surface area contributed by atoms with Crippen LogP contribution in [0.15, 0.2) is 58.6 Å². The van der Waals surface area contributed by atoms with Gasteiger partial charge < -0.3 is 9.73 Å². The van der Waals surface area contributed by atoms with E-state index in [2.05, 4.69) is 20.7 Å². The number of furan rings is 1. The number of benzene rings is 1. The fraction of sp³-hybridized carbons (Fsp3) is 0.100. The first-order chi connectivity index (χ1) is 15.4. The monoisotopic (exact) mass is 452 g/mol. The van der Waals surface area contributed by atoms with Crippen LogP contribution in [-0.2, 0) is 11.3 Å². The molecule has 4 aromatic rings. The molecule has 0 saturated heterocycles. The highest BCUT2D eigenvalue weighted by molar-refractivity contribution is 7.14. The third-order valence-corrected chi connectivity index (χ3v) is 5.08. The predicted molar refractivity (Wildman–Crippen MR) is 116 cm³/mol. The lowest BCUT2D eigenvalue weighted by molar-refractivity contribution is -0.384. The zero-order valence-corrected chi connectivity index (χ0v) is 17.5. The summed E-state index contributed by atoms with van der Waals surface area (Å²) in [7, 11) is 0. The Labute approximate surface area is 184 Å². The second-order valence-corrected chi connectivity index (χ2v) is 7.47. The highest BCUT2D eigenvalue weighted by Crippen LogP contribution is 2.27. The fourth-order valence-corrected chi connectivity index (χ4v) is 3.44. The van der Waals surface area contributed by atoms with Gasteiger partial charge in [-0.05, 0) is 24.3 Å². The van der Waals surface area contributed by atoms with E-state index in [1.807, 2.05) is 0 Å². The number of aromatic nitrogens is 3. The van der Waals surface area contributed by atoms with Gasteiger partial charge in [-0.25, -0.2) is 9.67 Å². The van der Waals surface area contributed by atoms with Crippen LogP contribution < -0.4 is 10.6 Å². The normalized spacial score (nSPS) is 10.7. The second-order valence-electron chi connectivity index (χ2n) is 6.61. The number of anilines is 1. The maximum absolute atomic E-state index is 12.6. The molecule has 11 nitrogen and oxygen atoms in total. The summed E-state index contributed by atoms with van der Waals surface area (Å²) < 4.78 is 7.11. The topological polar surface area (TPSA) is 145 Å². The minimum atomic E-state index is -0.486. The van der Waals surface area contributed by atoms with Crippen molar-refractivity contribution in [2.24, 2.45) is 0 Å². The van der Waals surface area contributed by atoms with Crippen molar-refractivity contribution in [3.63, 3.8) is 0 Å². The van der Waals surface area contributed by atoms with E-state index >= 15 is 0 Å². The Morgan fingerprint density at radius 1 is 1.22 bits per heavy atom. The van der Waals surface area contributed by atoms with Crippen molar-refractivity contribution in [3.05, 3.63) is 75.6 Å². The van der Waals surface area contributed by atoms with Crippen molar-refractivity contribution in [2.75, 3.05) is 5.32 Å². The molecule has 0 fully saturated rings. The summed E-state index contributed by atoms with van der Waals surface area (Å²) in [5.41, 5.74) is 1.41. The van der Waals surface area contributed by atoms with Crippen LogP contribution in [0, 0.1) is 10.1 Å². The summed E-state index contributed by atoms with van der Waals surface area (Å²) in [6.45, 7) is 1.71. The van der Waals surface area contributed by atoms with E-state index in [4.69, 9.17) is 4.42 Å². The molecule has 0 spiro atoms. The molecule has 3 aromatic heterocycles. The standard InChI is InChI=1S/C20H16N6O5S/c1-12(27)21-9-16-6-7-18(31-16)17-11-32-20(23-17)24-19(28)13-8-22-25(10-13)14-2-4-15(5-3-14)26(29)30/h2-8,10-11H,9H2,1H3,(H,21,27)(H,23,24,28). The molecule has 2 amide bonds. The number of nitro groups is 1. The summed E-state index contributed by atoms with van der Waals surface area (Å²) in [6, 6.07) is 9.31. The van der Waals surface area contributed by atoms with Crippen LogP contribution in [0.25, 0.3) is 17.1 Å². The number of amides is 2. The molecule has 3 heterocycles. The largest absolute Gasteiger partial charge is 0.458 e. The van der Waals surface area contributed by atoms with Crippen LogP contribution in [0.5, 0.6) is 0 Å². The van der Waals surface area contributed by atoms with Gasteiger partial charge in [0, 0.05) is 30.6 Å². The molecule has 0 atom stereocenters. The van der Waals surface area contributed by atoms with E-state index in [-0.39, 0.29) is 18.1 Å². The van der Waals surface area contributed by atoms with E-state index in [1.165, 1.54) is 47.5 Å². The fourth-order valence-electron chi connectivity index (χ4n) is 2.74. The summed E-state index contributed by atoms with van der Waals surface area (Å²) >= 11 is 1.24. The number of carbonyl (C=O) groups is 2. The first-order valence-electron chi connectivity index (χ1n) is 9.29. The first-order valence-corrected chi connectivity index (χ1v) is 10.2. The van der Waals surface area contributed by atoms with Crippen molar-refractivity contribution in [3.8, 4) is 17.1 Å². The van der Waals surface area contributed by atoms with Crippen LogP contribution in [0.3, 0.4) is 0 Å². The van der Waals surface area contributed by atoms with Crippen molar-refractivity contribution < 1.29 is 18.9 Å². The molecule has 0 bridgehead atoms. The molecule has 0 aliphatic rings. The number of nitro benzene ring substituents is 1. The highest BCUT2D eigenvalue weighted by atomic mass is 32.1. The van der Waals surface area contributed by atoms with Gasteiger partial charge in [-0.2, -0.15) is 5.10 Å². The van der Waals surface area contributed by atoms with E-state index < -0.39 is 10.8 Å². The van der Waals surface area contributed by atoms with Gasteiger partial charge in [-0.15, -0.1) is 11.3 Å². The third kappa shape index (κ3) is 4.70. The van der Waals surface area contributed by atoms with Crippen LogP contribution in [0.2, 0.25) is 0 Å². The van der Waals surface area contributed by atoms with E-state index in [1.54, 1.807) is 29.6 Å². The number of hydrogen-bond acceptors (Lipinski definition) is 8.